The molecule has 176 valence electrons. The van der Waals surface area contributed by atoms with Crippen LogP contribution in [0.4, 0.5) is 5.69 Å². The predicted molar refractivity (Wildman–Crippen MR) is 134 cm³/mol. The number of sulfonamides is 1. The summed E-state index contributed by atoms with van der Waals surface area (Å²) in [5, 5.41) is 3.02. The molecule has 2 heterocycles. The van der Waals surface area contributed by atoms with Gasteiger partial charge in [0.25, 0.3) is 5.91 Å². The van der Waals surface area contributed by atoms with E-state index in [1.807, 2.05) is 67.1 Å². The first-order valence-corrected chi connectivity index (χ1v) is 12.7. The molecule has 4 rings (SSSR count). The lowest BCUT2D eigenvalue weighted by atomic mass is 10.1. The first-order chi connectivity index (χ1) is 16.3. The number of rotatable bonds is 8. The molecule has 0 aliphatic rings. The molecular weight excluding hydrogens is 450 g/mol. The fraction of sp³-hybridized carbons (Fsp3) is 0.240. The zero-order valence-electron chi connectivity index (χ0n) is 19.3. The van der Waals surface area contributed by atoms with Crippen molar-refractivity contribution in [3.8, 4) is 11.4 Å². The van der Waals surface area contributed by atoms with Crippen molar-refractivity contribution < 1.29 is 13.2 Å². The maximum atomic E-state index is 13.4. The molecule has 0 unspecified atom stereocenters. The molecule has 2 aromatic carbocycles. The van der Waals surface area contributed by atoms with Crippen LogP contribution in [-0.2, 0) is 23.5 Å². The fourth-order valence-corrected chi connectivity index (χ4v) is 4.49. The summed E-state index contributed by atoms with van der Waals surface area (Å²) in [5.74, 6) is 0.292. The number of benzene rings is 2. The summed E-state index contributed by atoms with van der Waals surface area (Å²) >= 11 is 0. The van der Waals surface area contributed by atoms with Crippen molar-refractivity contribution in [2.75, 3.05) is 10.5 Å². The van der Waals surface area contributed by atoms with Crippen molar-refractivity contribution in [1.82, 2.24) is 19.9 Å². The number of anilines is 1. The number of carbonyl (C=O) groups excluding carboxylic acids is 1. The van der Waals surface area contributed by atoms with Gasteiger partial charge in [-0.1, -0.05) is 36.4 Å². The lowest BCUT2D eigenvalue weighted by Gasteiger charge is -2.16. The number of aromatic nitrogens is 3. The molecule has 1 atom stereocenters. The minimum atomic E-state index is -3.53. The number of hydrogen-bond donors (Lipinski definition) is 2. The van der Waals surface area contributed by atoms with Crippen molar-refractivity contribution in [3.05, 3.63) is 78.1 Å². The van der Waals surface area contributed by atoms with Gasteiger partial charge < -0.3 is 9.88 Å². The molecule has 2 aromatic heterocycles. The van der Waals surface area contributed by atoms with E-state index in [9.17, 15) is 13.2 Å². The van der Waals surface area contributed by atoms with E-state index in [1.165, 1.54) is 0 Å². The molecule has 0 saturated carbocycles. The van der Waals surface area contributed by atoms with E-state index in [0.29, 0.717) is 34.5 Å². The first kappa shape index (κ1) is 23.4. The van der Waals surface area contributed by atoms with Crippen molar-refractivity contribution in [2.24, 2.45) is 7.05 Å². The molecule has 0 bridgehead atoms. The highest BCUT2D eigenvalue weighted by molar-refractivity contribution is 7.92. The third-order valence-corrected chi connectivity index (χ3v) is 6.83. The molecule has 0 fully saturated rings. The number of carbonyl (C=O) groups is 1. The molecule has 8 nitrogen and oxygen atoms in total. The Kier molecular flexibility index (Phi) is 6.65. The van der Waals surface area contributed by atoms with Crippen LogP contribution < -0.4 is 10.0 Å². The fourth-order valence-electron chi connectivity index (χ4n) is 3.87. The Morgan fingerprint density at radius 1 is 1.09 bits per heavy atom. The van der Waals surface area contributed by atoms with Gasteiger partial charge in [0, 0.05) is 37.0 Å². The number of nitrogens with zero attached hydrogens (tertiary/aromatic N) is 3. The Morgan fingerprint density at radius 3 is 2.50 bits per heavy atom. The SMILES string of the molecule is CCS(=O)(=O)Nc1cc(C(=O)N[C@H](C)Cc2ccccn2)c2c(c1)nc(-c1ccccc1)n2C. The molecule has 0 aliphatic heterocycles. The van der Waals surface area contributed by atoms with Crippen LogP contribution in [0.1, 0.15) is 29.9 Å². The van der Waals surface area contributed by atoms with Gasteiger partial charge >= 0.3 is 0 Å². The van der Waals surface area contributed by atoms with E-state index in [1.54, 1.807) is 25.3 Å². The van der Waals surface area contributed by atoms with Crippen LogP contribution in [0.15, 0.2) is 66.9 Å². The van der Waals surface area contributed by atoms with Crippen LogP contribution in [0.3, 0.4) is 0 Å². The first-order valence-electron chi connectivity index (χ1n) is 11.0. The van der Waals surface area contributed by atoms with E-state index >= 15 is 0 Å². The smallest absolute Gasteiger partial charge is 0.253 e. The van der Waals surface area contributed by atoms with Gasteiger partial charge in [-0.2, -0.15) is 0 Å². The van der Waals surface area contributed by atoms with Gasteiger partial charge in [-0.3, -0.25) is 14.5 Å². The molecule has 1 amide bonds. The molecule has 0 saturated heterocycles. The van der Waals surface area contributed by atoms with Crippen LogP contribution in [0.5, 0.6) is 0 Å². The molecule has 0 radical (unpaired) electrons. The molecular formula is C25H27N5O3S. The Bertz CT molecular complexity index is 1420. The average Bonchev–Trinajstić information content (AvgIpc) is 3.15. The second-order valence-corrected chi connectivity index (χ2v) is 10.2. The van der Waals surface area contributed by atoms with Gasteiger partial charge in [-0.05, 0) is 38.1 Å². The van der Waals surface area contributed by atoms with Crippen LogP contribution in [-0.4, -0.2) is 40.7 Å². The van der Waals surface area contributed by atoms with Gasteiger partial charge in [-0.25, -0.2) is 13.4 Å². The summed E-state index contributed by atoms with van der Waals surface area (Å²) in [6.07, 6.45) is 2.29. The standard InChI is InChI=1S/C25H27N5O3S/c1-4-34(32,33)29-20-15-21(25(31)27-17(2)14-19-12-8-9-13-26-19)23-22(16-20)28-24(30(23)3)18-10-6-5-7-11-18/h5-13,15-17,29H,4,14H2,1-3H3,(H,27,31)/t17-/m1/s1. The molecule has 0 spiro atoms. The summed E-state index contributed by atoms with van der Waals surface area (Å²) < 4.78 is 28.8. The highest BCUT2D eigenvalue weighted by atomic mass is 32.2. The number of fused-ring (bicyclic) bond motifs is 1. The van der Waals surface area contributed by atoms with Crippen molar-refractivity contribution >= 4 is 32.7 Å². The van der Waals surface area contributed by atoms with E-state index < -0.39 is 10.0 Å². The average molecular weight is 478 g/mol. The third-order valence-electron chi connectivity index (χ3n) is 5.52. The normalized spacial score (nSPS) is 12.4. The monoisotopic (exact) mass is 477 g/mol. The van der Waals surface area contributed by atoms with E-state index in [-0.39, 0.29) is 17.7 Å². The summed E-state index contributed by atoms with van der Waals surface area (Å²) in [4.78, 5) is 22.4. The van der Waals surface area contributed by atoms with E-state index in [0.717, 1.165) is 11.3 Å². The zero-order chi connectivity index (χ0) is 24.3. The molecule has 4 aromatic rings. The topological polar surface area (TPSA) is 106 Å². The Morgan fingerprint density at radius 2 is 1.82 bits per heavy atom. The molecule has 9 heteroatoms. The Labute approximate surface area is 199 Å². The van der Waals surface area contributed by atoms with Crippen LogP contribution in [0, 0.1) is 0 Å². The minimum Gasteiger partial charge on any atom is -0.349 e. The highest BCUT2D eigenvalue weighted by Crippen LogP contribution is 2.29. The lowest BCUT2D eigenvalue weighted by Crippen LogP contribution is -2.34. The number of hydrogen-bond acceptors (Lipinski definition) is 5. The number of imidazole rings is 1. The highest BCUT2D eigenvalue weighted by Gasteiger charge is 2.21. The number of nitrogens with one attached hydrogen (secondary N) is 2. The quantitative estimate of drug-likeness (QED) is 0.402. The zero-order valence-corrected chi connectivity index (χ0v) is 20.1. The van der Waals surface area contributed by atoms with Gasteiger partial charge in [-0.15, -0.1) is 0 Å². The summed E-state index contributed by atoms with van der Waals surface area (Å²) in [7, 11) is -1.68. The number of aryl methyl sites for hydroxylation is 1. The number of amides is 1. The maximum Gasteiger partial charge on any atom is 0.253 e. The second kappa shape index (κ2) is 9.64. The Balaban J connectivity index is 1.76. The second-order valence-electron chi connectivity index (χ2n) is 8.16. The van der Waals surface area contributed by atoms with Crippen LogP contribution >= 0.6 is 0 Å². The summed E-state index contributed by atoms with van der Waals surface area (Å²) in [6, 6.07) is 18.3. The summed E-state index contributed by atoms with van der Waals surface area (Å²) in [5.41, 5.74) is 3.57. The molecule has 34 heavy (non-hydrogen) atoms. The van der Waals surface area contributed by atoms with Crippen molar-refractivity contribution in [3.63, 3.8) is 0 Å². The largest absolute Gasteiger partial charge is 0.349 e. The molecule has 0 aliphatic carbocycles. The third kappa shape index (κ3) is 5.09. The predicted octanol–water partition coefficient (Wildman–Crippen LogP) is 3.76. The maximum absolute atomic E-state index is 13.4. The van der Waals surface area contributed by atoms with Crippen molar-refractivity contribution in [1.29, 1.82) is 0 Å². The molecule has 2 N–H and O–H groups in total. The van der Waals surface area contributed by atoms with Crippen LogP contribution in [0.25, 0.3) is 22.4 Å². The number of pyridine rings is 1. The lowest BCUT2D eigenvalue weighted by molar-refractivity contribution is 0.0941. The van der Waals surface area contributed by atoms with Gasteiger partial charge in [0.15, 0.2) is 0 Å². The Hall–Kier alpha value is -3.72. The summed E-state index contributed by atoms with van der Waals surface area (Å²) in [6.45, 7) is 3.47. The van der Waals surface area contributed by atoms with Gasteiger partial charge in [0.1, 0.15) is 5.82 Å². The van der Waals surface area contributed by atoms with Gasteiger partial charge in [0.05, 0.1) is 28.0 Å². The van der Waals surface area contributed by atoms with E-state index in [4.69, 9.17) is 4.98 Å². The van der Waals surface area contributed by atoms with E-state index in [2.05, 4.69) is 15.0 Å². The minimum absolute atomic E-state index is 0.0782. The van der Waals surface area contributed by atoms with Gasteiger partial charge in [0.2, 0.25) is 10.0 Å². The van der Waals surface area contributed by atoms with Crippen molar-refractivity contribution in [2.45, 2.75) is 26.3 Å². The van der Waals surface area contributed by atoms with Crippen LogP contribution in [0.2, 0.25) is 0 Å².